The molecule has 2 aliphatic rings. The molecule has 0 saturated carbocycles. The summed E-state index contributed by atoms with van der Waals surface area (Å²) in [5.41, 5.74) is 3.84. The molecule has 0 amide bonds. The van der Waals surface area contributed by atoms with Crippen LogP contribution in [0.15, 0.2) is 24.3 Å². The third-order valence-electron chi connectivity index (χ3n) is 6.41. The highest BCUT2D eigenvalue weighted by Crippen LogP contribution is 2.64. The van der Waals surface area contributed by atoms with E-state index >= 15 is 0 Å². The molecule has 1 atom stereocenters. The predicted octanol–water partition coefficient (Wildman–Crippen LogP) is 4.46. The van der Waals surface area contributed by atoms with Crippen molar-refractivity contribution in [2.75, 3.05) is 7.11 Å². The predicted molar refractivity (Wildman–Crippen MR) is 100 cm³/mol. The summed E-state index contributed by atoms with van der Waals surface area (Å²) in [7, 11) is 1.56. The highest BCUT2D eigenvalue weighted by Gasteiger charge is 2.56. The lowest BCUT2D eigenvalue weighted by Crippen LogP contribution is -2.26. The number of phenolic OH excluding ortho intramolecular Hbond substituents is 3. The second-order valence-electron chi connectivity index (χ2n) is 9.16. The van der Waals surface area contributed by atoms with Gasteiger partial charge in [-0.3, -0.25) is 0 Å². The zero-order chi connectivity index (χ0) is 19.1. The molecule has 4 rings (SSSR count). The van der Waals surface area contributed by atoms with Crippen molar-refractivity contribution in [3.05, 3.63) is 46.5 Å². The lowest BCUT2D eigenvalue weighted by Gasteiger charge is -2.30. The van der Waals surface area contributed by atoms with Crippen LogP contribution in [-0.2, 0) is 16.2 Å². The molecular weight excluding hydrogens is 328 g/mol. The molecule has 2 aromatic rings. The fourth-order valence-corrected chi connectivity index (χ4v) is 5.51. The van der Waals surface area contributed by atoms with Gasteiger partial charge < -0.3 is 20.1 Å². The third-order valence-corrected chi connectivity index (χ3v) is 6.41. The van der Waals surface area contributed by atoms with Gasteiger partial charge in [0.1, 0.15) is 0 Å². The Morgan fingerprint density at radius 2 is 1.12 bits per heavy atom. The van der Waals surface area contributed by atoms with Crippen molar-refractivity contribution in [1.82, 2.24) is 0 Å². The van der Waals surface area contributed by atoms with Gasteiger partial charge in [-0.05, 0) is 70.2 Å². The van der Waals surface area contributed by atoms with Gasteiger partial charge in [-0.2, -0.15) is 0 Å². The van der Waals surface area contributed by atoms with E-state index in [2.05, 4.69) is 27.7 Å². The number of methoxy groups -OCH3 is 1. The molecule has 1 spiro atoms. The van der Waals surface area contributed by atoms with E-state index in [4.69, 9.17) is 4.74 Å². The zero-order valence-corrected chi connectivity index (χ0v) is 16.0. The molecular formula is C22H26O4. The number of phenols is 3. The Balaban J connectivity index is 2.05. The molecule has 0 bridgehead atoms. The Morgan fingerprint density at radius 1 is 0.692 bits per heavy atom. The van der Waals surface area contributed by atoms with E-state index in [0.717, 1.165) is 29.5 Å². The van der Waals surface area contributed by atoms with Crippen molar-refractivity contribution < 1.29 is 20.1 Å². The number of hydrogen-bond donors (Lipinski definition) is 3. The van der Waals surface area contributed by atoms with Crippen molar-refractivity contribution >= 4 is 0 Å². The molecule has 2 aromatic carbocycles. The van der Waals surface area contributed by atoms with E-state index in [-0.39, 0.29) is 33.5 Å². The lowest BCUT2D eigenvalue weighted by molar-refractivity contribution is 0.348. The van der Waals surface area contributed by atoms with Crippen LogP contribution in [0.2, 0.25) is 0 Å². The van der Waals surface area contributed by atoms with Crippen molar-refractivity contribution in [2.24, 2.45) is 0 Å². The smallest absolute Gasteiger partial charge is 0.160 e. The van der Waals surface area contributed by atoms with Gasteiger partial charge in [-0.25, -0.2) is 0 Å². The lowest BCUT2D eigenvalue weighted by atomic mass is 9.72. The number of benzene rings is 2. The van der Waals surface area contributed by atoms with Crippen LogP contribution in [0.5, 0.6) is 23.0 Å². The van der Waals surface area contributed by atoms with Crippen LogP contribution in [0, 0.1) is 0 Å². The largest absolute Gasteiger partial charge is 0.504 e. The minimum atomic E-state index is -0.299. The van der Waals surface area contributed by atoms with E-state index < -0.39 is 0 Å². The molecule has 138 valence electrons. The van der Waals surface area contributed by atoms with Gasteiger partial charge in [0.25, 0.3) is 0 Å². The first-order valence-corrected chi connectivity index (χ1v) is 9.01. The van der Waals surface area contributed by atoms with Crippen LogP contribution in [0.25, 0.3) is 0 Å². The average Bonchev–Trinajstić information content (AvgIpc) is 2.87. The fraction of sp³-hybridized carbons (Fsp3) is 0.455. The van der Waals surface area contributed by atoms with Gasteiger partial charge >= 0.3 is 0 Å². The molecule has 26 heavy (non-hydrogen) atoms. The van der Waals surface area contributed by atoms with Crippen LogP contribution < -0.4 is 4.74 Å². The standard InChI is InChI=1S/C22H26O4/c1-20(2)10-22(14-7-17(24)16(23)6-12(14)20)11-21(3,4)13-9-19(26-5)18(25)8-15(13)22/h6-9,23-25H,10-11H2,1-5H3. The van der Waals surface area contributed by atoms with E-state index in [1.807, 2.05) is 12.1 Å². The second-order valence-corrected chi connectivity index (χ2v) is 9.16. The minimum Gasteiger partial charge on any atom is -0.504 e. The number of hydrogen-bond acceptors (Lipinski definition) is 4. The Bertz CT molecular complexity index is 926. The summed E-state index contributed by atoms with van der Waals surface area (Å²) in [6.07, 6.45) is 1.74. The molecule has 0 saturated heterocycles. The summed E-state index contributed by atoms with van der Waals surface area (Å²) in [5, 5.41) is 30.7. The first kappa shape index (κ1) is 17.1. The van der Waals surface area contributed by atoms with E-state index in [1.165, 1.54) is 5.56 Å². The molecule has 0 aromatic heterocycles. The van der Waals surface area contributed by atoms with Crippen molar-refractivity contribution in [3.8, 4) is 23.0 Å². The summed E-state index contributed by atoms with van der Waals surface area (Å²) in [4.78, 5) is 0. The number of rotatable bonds is 1. The fourth-order valence-electron chi connectivity index (χ4n) is 5.51. The van der Waals surface area contributed by atoms with Gasteiger partial charge in [-0.1, -0.05) is 27.7 Å². The minimum absolute atomic E-state index is 0.0797. The number of fused-ring (bicyclic) bond motifs is 4. The van der Waals surface area contributed by atoms with Gasteiger partial charge in [0.2, 0.25) is 0 Å². The van der Waals surface area contributed by atoms with Crippen LogP contribution in [0.4, 0.5) is 0 Å². The van der Waals surface area contributed by atoms with Gasteiger partial charge in [0.15, 0.2) is 23.0 Å². The molecule has 3 N–H and O–H groups in total. The molecule has 4 heteroatoms. The average molecular weight is 354 g/mol. The molecule has 0 radical (unpaired) electrons. The molecule has 0 aliphatic heterocycles. The van der Waals surface area contributed by atoms with Crippen LogP contribution >= 0.6 is 0 Å². The maximum absolute atomic E-state index is 10.5. The van der Waals surface area contributed by atoms with E-state index in [1.54, 1.807) is 19.2 Å². The molecule has 1 unspecified atom stereocenters. The number of ether oxygens (including phenoxy) is 1. The van der Waals surface area contributed by atoms with Crippen molar-refractivity contribution in [1.29, 1.82) is 0 Å². The summed E-state index contributed by atoms with van der Waals surface area (Å²) in [6, 6.07) is 7.20. The van der Waals surface area contributed by atoms with Crippen LogP contribution in [0.3, 0.4) is 0 Å². The molecule has 0 heterocycles. The van der Waals surface area contributed by atoms with Crippen LogP contribution in [-0.4, -0.2) is 22.4 Å². The van der Waals surface area contributed by atoms with E-state index in [0.29, 0.717) is 5.75 Å². The van der Waals surface area contributed by atoms with Crippen molar-refractivity contribution in [3.63, 3.8) is 0 Å². The highest BCUT2D eigenvalue weighted by atomic mass is 16.5. The van der Waals surface area contributed by atoms with Gasteiger partial charge in [-0.15, -0.1) is 0 Å². The monoisotopic (exact) mass is 354 g/mol. The Kier molecular flexibility index (Phi) is 3.20. The Labute approximate surface area is 154 Å². The summed E-state index contributed by atoms with van der Waals surface area (Å²) in [6.45, 7) is 8.77. The van der Waals surface area contributed by atoms with Crippen LogP contribution in [0.1, 0.15) is 62.8 Å². The Morgan fingerprint density at radius 3 is 1.62 bits per heavy atom. The number of aromatic hydroxyl groups is 3. The zero-order valence-electron chi connectivity index (χ0n) is 16.0. The maximum atomic E-state index is 10.5. The first-order chi connectivity index (χ1) is 12.0. The van der Waals surface area contributed by atoms with Gasteiger partial charge in [0.05, 0.1) is 7.11 Å². The maximum Gasteiger partial charge on any atom is 0.160 e. The molecule has 4 nitrogen and oxygen atoms in total. The normalized spacial score (nSPS) is 24.5. The highest BCUT2D eigenvalue weighted by molar-refractivity contribution is 5.65. The quantitative estimate of drug-likeness (QED) is 0.661. The summed E-state index contributed by atoms with van der Waals surface area (Å²) < 4.78 is 5.34. The van der Waals surface area contributed by atoms with E-state index in [9.17, 15) is 15.3 Å². The second kappa shape index (κ2) is 4.87. The topological polar surface area (TPSA) is 69.9 Å². The van der Waals surface area contributed by atoms with Gasteiger partial charge in [0, 0.05) is 5.41 Å². The third kappa shape index (κ3) is 2.01. The summed E-state index contributed by atoms with van der Waals surface area (Å²) >= 11 is 0. The molecule has 2 aliphatic carbocycles. The first-order valence-electron chi connectivity index (χ1n) is 9.01. The SMILES string of the molecule is COc1cc2c(cc1O)C1(CC(C)(C)c3cc(O)c(O)cc31)CC2(C)C. The molecule has 0 fully saturated rings. The summed E-state index contributed by atoms with van der Waals surface area (Å²) in [5.74, 6) is 0.450. The van der Waals surface area contributed by atoms with Crippen molar-refractivity contribution in [2.45, 2.75) is 56.8 Å². The Hall–Kier alpha value is -2.36.